The van der Waals surface area contributed by atoms with Crippen LogP contribution < -0.4 is 4.72 Å². The maximum absolute atomic E-state index is 13.0. The first-order chi connectivity index (χ1) is 11.8. The van der Waals surface area contributed by atoms with Crippen LogP contribution in [0.2, 0.25) is 0 Å². The molecule has 7 heteroatoms. The monoisotopic (exact) mass is 361 g/mol. The third kappa shape index (κ3) is 4.00. The highest BCUT2D eigenvalue weighted by Crippen LogP contribution is 2.23. The number of nitrogens with one attached hydrogen (secondary N) is 1. The Labute approximate surface area is 146 Å². The van der Waals surface area contributed by atoms with Crippen LogP contribution in [-0.4, -0.2) is 38.5 Å². The number of rotatable bonds is 6. The van der Waals surface area contributed by atoms with Crippen LogP contribution in [0.1, 0.15) is 0 Å². The first-order valence-electron chi connectivity index (χ1n) is 7.87. The van der Waals surface area contributed by atoms with Crippen LogP contribution in [0.25, 0.3) is 10.9 Å². The van der Waals surface area contributed by atoms with E-state index in [1.165, 1.54) is 12.1 Å². The molecule has 3 rings (SSSR count). The number of sulfonamides is 1. The van der Waals surface area contributed by atoms with Crippen molar-refractivity contribution in [2.45, 2.75) is 11.4 Å². The van der Waals surface area contributed by atoms with Crippen molar-refractivity contribution in [3.8, 4) is 0 Å². The summed E-state index contributed by atoms with van der Waals surface area (Å²) in [7, 11) is 0.300. The molecule has 5 nitrogen and oxygen atoms in total. The highest BCUT2D eigenvalue weighted by Gasteiger charge is 2.14. The van der Waals surface area contributed by atoms with Gasteiger partial charge in [-0.25, -0.2) is 12.8 Å². The number of aromatic nitrogens is 1. The topological polar surface area (TPSA) is 54.3 Å². The summed E-state index contributed by atoms with van der Waals surface area (Å²) in [5.41, 5.74) is 1.52. The summed E-state index contributed by atoms with van der Waals surface area (Å²) < 4.78 is 42.4. The summed E-state index contributed by atoms with van der Waals surface area (Å²) in [5, 5.41) is 0.957. The van der Waals surface area contributed by atoms with Gasteiger partial charge >= 0.3 is 0 Å². The van der Waals surface area contributed by atoms with Gasteiger partial charge in [-0.1, -0.05) is 0 Å². The molecule has 1 aromatic heterocycles. The van der Waals surface area contributed by atoms with E-state index in [-0.39, 0.29) is 4.90 Å². The average Bonchev–Trinajstić information content (AvgIpc) is 2.95. The molecule has 0 radical (unpaired) electrons. The predicted molar refractivity (Wildman–Crippen MR) is 97.7 cm³/mol. The Balaban J connectivity index is 1.83. The van der Waals surface area contributed by atoms with Gasteiger partial charge in [0.25, 0.3) is 10.0 Å². The molecule has 0 aliphatic heterocycles. The molecule has 0 bridgehead atoms. The zero-order valence-corrected chi connectivity index (χ0v) is 14.9. The molecule has 0 aliphatic carbocycles. The fourth-order valence-corrected chi connectivity index (χ4v) is 3.64. The summed E-state index contributed by atoms with van der Waals surface area (Å²) in [6, 6.07) is 12.1. The van der Waals surface area contributed by atoms with Crippen molar-refractivity contribution in [1.29, 1.82) is 0 Å². The predicted octanol–water partition coefficient (Wildman–Crippen LogP) is 3.14. The van der Waals surface area contributed by atoms with Crippen LogP contribution in [0, 0.1) is 5.82 Å². The van der Waals surface area contributed by atoms with Gasteiger partial charge in [-0.3, -0.25) is 4.72 Å². The van der Waals surface area contributed by atoms with E-state index in [0.29, 0.717) is 5.69 Å². The molecule has 0 aliphatic rings. The molecule has 3 aromatic rings. The summed E-state index contributed by atoms with van der Waals surface area (Å²) in [6.45, 7) is 1.78. The quantitative estimate of drug-likeness (QED) is 0.734. The average molecular weight is 361 g/mol. The zero-order chi connectivity index (χ0) is 18.0. The molecule has 2 aromatic carbocycles. The number of anilines is 1. The van der Waals surface area contributed by atoms with Crippen LogP contribution in [0.5, 0.6) is 0 Å². The van der Waals surface area contributed by atoms with Gasteiger partial charge < -0.3 is 9.47 Å². The third-order valence-electron chi connectivity index (χ3n) is 3.94. The Morgan fingerprint density at radius 3 is 2.48 bits per heavy atom. The second-order valence-electron chi connectivity index (χ2n) is 6.15. The van der Waals surface area contributed by atoms with Crippen molar-refractivity contribution in [3.05, 3.63) is 60.5 Å². The van der Waals surface area contributed by atoms with Crippen molar-refractivity contribution < 1.29 is 12.8 Å². The number of hydrogen-bond acceptors (Lipinski definition) is 3. The lowest BCUT2D eigenvalue weighted by molar-refractivity contribution is 0.387. The number of halogens is 1. The Kier molecular flexibility index (Phi) is 4.78. The number of hydrogen-bond donors (Lipinski definition) is 1. The van der Waals surface area contributed by atoms with Crippen molar-refractivity contribution in [1.82, 2.24) is 9.47 Å². The highest BCUT2D eigenvalue weighted by molar-refractivity contribution is 7.92. The molecule has 0 amide bonds. The lowest BCUT2D eigenvalue weighted by Crippen LogP contribution is -2.17. The highest BCUT2D eigenvalue weighted by atomic mass is 32.2. The Morgan fingerprint density at radius 1 is 1.08 bits per heavy atom. The fourth-order valence-electron chi connectivity index (χ4n) is 2.59. The minimum absolute atomic E-state index is 0.0255. The summed E-state index contributed by atoms with van der Waals surface area (Å²) in [6.07, 6.45) is 1.99. The van der Waals surface area contributed by atoms with Crippen LogP contribution in [-0.2, 0) is 16.6 Å². The number of benzene rings is 2. The Bertz CT molecular complexity index is 979. The fraction of sp³-hybridized carbons (Fsp3) is 0.222. The van der Waals surface area contributed by atoms with Gasteiger partial charge in [0.15, 0.2) is 0 Å². The van der Waals surface area contributed by atoms with Gasteiger partial charge in [0.2, 0.25) is 0 Å². The van der Waals surface area contributed by atoms with Crippen molar-refractivity contribution in [3.63, 3.8) is 0 Å². The Morgan fingerprint density at radius 2 is 1.80 bits per heavy atom. The number of fused-ring (bicyclic) bond motifs is 1. The van der Waals surface area contributed by atoms with E-state index in [2.05, 4.69) is 14.2 Å². The summed E-state index contributed by atoms with van der Waals surface area (Å²) in [5.74, 6) is -0.473. The molecule has 1 heterocycles. The molecule has 0 saturated carbocycles. The summed E-state index contributed by atoms with van der Waals surface area (Å²) >= 11 is 0. The van der Waals surface area contributed by atoms with Crippen molar-refractivity contribution in [2.24, 2.45) is 0 Å². The van der Waals surface area contributed by atoms with Gasteiger partial charge in [-0.05, 0) is 62.6 Å². The van der Waals surface area contributed by atoms with E-state index < -0.39 is 15.8 Å². The van der Waals surface area contributed by atoms with Gasteiger partial charge in [-0.15, -0.1) is 0 Å². The minimum Gasteiger partial charge on any atom is -0.346 e. The molecular formula is C18H20FN3O2S. The van der Waals surface area contributed by atoms with E-state index in [4.69, 9.17) is 0 Å². The second-order valence-corrected chi connectivity index (χ2v) is 7.83. The number of nitrogens with zero attached hydrogens (tertiary/aromatic N) is 2. The SMILES string of the molecule is CN(C)CCn1ccc2cc(NS(=O)(=O)c3ccc(F)cc3)ccc21. The molecule has 132 valence electrons. The molecule has 0 saturated heterocycles. The van der Waals surface area contributed by atoms with Crippen LogP contribution in [0.3, 0.4) is 0 Å². The maximum atomic E-state index is 13.0. The van der Waals surface area contributed by atoms with Crippen molar-refractivity contribution in [2.75, 3.05) is 25.4 Å². The lowest BCUT2D eigenvalue weighted by atomic mass is 10.2. The second kappa shape index (κ2) is 6.85. The molecular weight excluding hydrogens is 341 g/mol. The van der Waals surface area contributed by atoms with Gasteiger partial charge in [0, 0.05) is 35.9 Å². The first-order valence-corrected chi connectivity index (χ1v) is 9.35. The zero-order valence-electron chi connectivity index (χ0n) is 14.1. The maximum Gasteiger partial charge on any atom is 0.261 e. The van der Waals surface area contributed by atoms with Gasteiger partial charge in [0.1, 0.15) is 5.82 Å². The van der Waals surface area contributed by atoms with E-state index in [0.717, 1.165) is 36.1 Å². The standard InChI is InChI=1S/C18H20FN3O2S/c1-21(2)11-12-22-10-9-14-13-16(5-8-18(14)22)20-25(23,24)17-6-3-15(19)4-7-17/h3-10,13,20H,11-12H2,1-2H3. The smallest absolute Gasteiger partial charge is 0.261 e. The van der Waals surface area contributed by atoms with E-state index in [1.54, 1.807) is 12.1 Å². The molecule has 0 spiro atoms. The molecule has 0 atom stereocenters. The normalized spacial score (nSPS) is 12.0. The molecule has 1 N–H and O–H groups in total. The van der Waals surface area contributed by atoms with Gasteiger partial charge in [-0.2, -0.15) is 0 Å². The van der Waals surface area contributed by atoms with Crippen molar-refractivity contribution >= 4 is 26.6 Å². The van der Waals surface area contributed by atoms with Crippen LogP contribution in [0.4, 0.5) is 10.1 Å². The largest absolute Gasteiger partial charge is 0.346 e. The van der Waals surface area contributed by atoms with E-state index in [9.17, 15) is 12.8 Å². The molecule has 0 fully saturated rings. The minimum atomic E-state index is -3.74. The van der Waals surface area contributed by atoms with Gasteiger partial charge in [0.05, 0.1) is 4.90 Å². The van der Waals surface area contributed by atoms with Crippen LogP contribution in [0.15, 0.2) is 59.6 Å². The summed E-state index contributed by atoms with van der Waals surface area (Å²) in [4.78, 5) is 2.13. The van der Waals surface area contributed by atoms with Crippen LogP contribution >= 0.6 is 0 Å². The third-order valence-corrected chi connectivity index (χ3v) is 5.33. The lowest BCUT2D eigenvalue weighted by Gasteiger charge is -2.12. The molecule has 0 unspecified atom stereocenters. The van der Waals surface area contributed by atoms with E-state index >= 15 is 0 Å². The number of likely N-dealkylation sites (N-methyl/N-ethyl adjacent to an activating group) is 1. The first kappa shape index (κ1) is 17.4. The van der Waals surface area contributed by atoms with E-state index in [1.807, 2.05) is 32.4 Å². The molecule has 25 heavy (non-hydrogen) atoms. The Hall–Kier alpha value is -2.38.